The number of ether oxygens (including phenoxy) is 2. The number of rotatable bonds is 5. The van der Waals surface area contributed by atoms with Crippen LogP contribution in [0.25, 0.3) is 0 Å². The van der Waals surface area contributed by atoms with E-state index in [4.69, 9.17) is 21.1 Å². The van der Waals surface area contributed by atoms with E-state index in [2.05, 4.69) is 10.4 Å². The van der Waals surface area contributed by atoms with Crippen LogP contribution < -0.4 is 14.8 Å². The van der Waals surface area contributed by atoms with Crippen molar-refractivity contribution in [2.75, 3.05) is 19.8 Å². The molecule has 0 fully saturated rings. The van der Waals surface area contributed by atoms with Gasteiger partial charge in [-0.05, 0) is 30.7 Å². The molecule has 3 rings (SSSR count). The van der Waals surface area contributed by atoms with E-state index in [1.165, 1.54) is 0 Å². The van der Waals surface area contributed by atoms with Crippen LogP contribution in [0.15, 0.2) is 24.4 Å². The fraction of sp³-hybridized carbons (Fsp3) is 0.438. The number of aliphatic hydroxyl groups excluding tert-OH is 1. The van der Waals surface area contributed by atoms with Gasteiger partial charge in [0.15, 0.2) is 11.5 Å². The van der Waals surface area contributed by atoms with E-state index >= 15 is 0 Å². The maximum Gasteiger partial charge on any atom is 0.179 e. The summed E-state index contributed by atoms with van der Waals surface area (Å²) in [6, 6.07) is 5.52. The molecule has 0 radical (unpaired) electrons. The first-order valence-corrected chi connectivity index (χ1v) is 7.92. The molecule has 0 spiro atoms. The van der Waals surface area contributed by atoms with Gasteiger partial charge in [0.2, 0.25) is 0 Å². The summed E-state index contributed by atoms with van der Waals surface area (Å²) in [7, 11) is 1.89. The third-order valence-corrected chi connectivity index (χ3v) is 4.20. The lowest BCUT2D eigenvalue weighted by molar-refractivity contribution is 0.161. The molecule has 1 aromatic heterocycles. The average Bonchev–Trinajstić information content (AvgIpc) is 2.98. The Morgan fingerprint density at radius 2 is 2.17 bits per heavy atom. The van der Waals surface area contributed by atoms with Gasteiger partial charge < -0.3 is 19.9 Å². The molecule has 23 heavy (non-hydrogen) atoms. The topological polar surface area (TPSA) is 68.5 Å². The Labute approximate surface area is 140 Å². The lowest BCUT2D eigenvalue weighted by atomic mass is 10.1. The van der Waals surface area contributed by atoms with Crippen molar-refractivity contribution in [1.29, 1.82) is 0 Å². The minimum atomic E-state index is -0.695. The van der Waals surface area contributed by atoms with E-state index in [0.717, 1.165) is 5.69 Å². The molecule has 2 N–H and O–H groups in total. The van der Waals surface area contributed by atoms with Gasteiger partial charge in [-0.1, -0.05) is 11.6 Å². The van der Waals surface area contributed by atoms with E-state index in [9.17, 15) is 5.11 Å². The normalized spacial score (nSPS) is 16.2. The zero-order valence-electron chi connectivity index (χ0n) is 13.1. The van der Waals surface area contributed by atoms with Gasteiger partial charge in [0.25, 0.3) is 0 Å². The second-order valence-electron chi connectivity index (χ2n) is 5.55. The Morgan fingerprint density at radius 1 is 1.39 bits per heavy atom. The minimum Gasteiger partial charge on any atom is -0.486 e. The van der Waals surface area contributed by atoms with Gasteiger partial charge >= 0.3 is 0 Å². The highest BCUT2D eigenvalue weighted by molar-refractivity contribution is 6.32. The van der Waals surface area contributed by atoms with Crippen molar-refractivity contribution in [2.45, 2.75) is 19.1 Å². The lowest BCUT2D eigenvalue weighted by Crippen LogP contribution is -2.26. The van der Waals surface area contributed by atoms with E-state index in [-0.39, 0.29) is 6.04 Å². The van der Waals surface area contributed by atoms with E-state index in [0.29, 0.717) is 41.8 Å². The summed E-state index contributed by atoms with van der Waals surface area (Å²) in [5.41, 5.74) is 1.75. The van der Waals surface area contributed by atoms with Crippen molar-refractivity contribution in [3.8, 4) is 11.5 Å². The first-order valence-electron chi connectivity index (χ1n) is 7.54. The largest absolute Gasteiger partial charge is 0.486 e. The number of hydrogen-bond acceptors (Lipinski definition) is 5. The highest BCUT2D eigenvalue weighted by Gasteiger charge is 2.20. The number of fused-ring (bicyclic) bond motifs is 1. The quantitative estimate of drug-likeness (QED) is 0.875. The van der Waals surface area contributed by atoms with Gasteiger partial charge in [-0.15, -0.1) is 0 Å². The molecule has 0 unspecified atom stereocenters. The molecule has 0 amide bonds. The molecule has 0 aliphatic carbocycles. The molecule has 6 nitrogen and oxygen atoms in total. The number of aromatic nitrogens is 2. The molecule has 0 saturated heterocycles. The van der Waals surface area contributed by atoms with Crippen LogP contribution in [0.3, 0.4) is 0 Å². The number of nitrogens with one attached hydrogen (secondary N) is 1. The van der Waals surface area contributed by atoms with E-state index in [1.54, 1.807) is 18.3 Å². The van der Waals surface area contributed by atoms with Crippen molar-refractivity contribution in [3.63, 3.8) is 0 Å². The predicted octanol–water partition coefficient (Wildman–Crippen LogP) is 2.23. The van der Waals surface area contributed by atoms with Gasteiger partial charge in [0.1, 0.15) is 13.2 Å². The summed E-state index contributed by atoms with van der Waals surface area (Å²) >= 11 is 6.21. The van der Waals surface area contributed by atoms with Crippen molar-refractivity contribution in [1.82, 2.24) is 15.1 Å². The second-order valence-corrected chi connectivity index (χ2v) is 5.96. The fourth-order valence-corrected chi connectivity index (χ4v) is 2.92. The third kappa shape index (κ3) is 3.44. The Kier molecular flexibility index (Phi) is 4.75. The maximum absolute atomic E-state index is 10.4. The zero-order chi connectivity index (χ0) is 16.4. The molecule has 124 valence electrons. The number of nitrogens with zero attached hydrogens (tertiary/aromatic N) is 2. The molecule has 2 heterocycles. The summed E-state index contributed by atoms with van der Waals surface area (Å²) in [6.07, 6.45) is 1.06. The van der Waals surface area contributed by atoms with E-state index in [1.807, 2.05) is 24.7 Å². The number of aryl methyl sites for hydroxylation is 1. The summed E-state index contributed by atoms with van der Waals surface area (Å²) in [6.45, 7) is 3.39. The Morgan fingerprint density at radius 3 is 2.91 bits per heavy atom. The highest BCUT2D eigenvalue weighted by Crippen LogP contribution is 2.39. The molecular formula is C16H20ClN3O3. The molecule has 0 bridgehead atoms. The second kappa shape index (κ2) is 6.78. The summed E-state index contributed by atoms with van der Waals surface area (Å²) in [5, 5.41) is 18.3. The van der Waals surface area contributed by atoms with Crippen LogP contribution in [0.2, 0.25) is 5.02 Å². The van der Waals surface area contributed by atoms with Crippen LogP contribution in [0.1, 0.15) is 30.3 Å². The molecule has 7 heteroatoms. The van der Waals surface area contributed by atoms with Crippen molar-refractivity contribution in [2.24, 2.45) is 7.05 Å². The minimum absolute atomic E-state index is 0.0739. The molecule has 1 aliphatic rings. The first kappa shape index (κ1) is 16.1. The Bertz CT molecular complexity index is 689. The number of hydrogen-bond donors (Lipinski definition) is 2. The zero-order valence-corrected chi connectivity index (χ0v) is 13.9. The monoisotopic (exact) mass is 337 g/mol. The number of benzene rings is 1. The summed E-state index contributed by atoms with van der Waals surface area (Å²) in [4.78, 5) is 0. The van der Waals surface area contributed by atoms with Crippen LogP contribution in [-0.4, -0.2) is 34.6 Å². The predicted molar refractivity (Wildman–Crippen MR) is 87.0 cm³/mol. The van der Waals surface area contributed by atoms with Gasteiger partial charge in [0, 0.05) is 25.8 Å². The average molecular weight is 338 g/mol. The van der Waals surface area contributed by atoms with Crippen LogP contribution >= 0.6 is 11.6 Å². The van der Waals surface area contributed by atoms with Crippen LogP contribution in [0, 0.1) is 0 Å². The van der Waals surface area contributed by atoms with Crippen LogP contribution in [-0.2, 0) is 7.05 Å². The van der Waals surface area contributed by atoms with Gasteiger partial charge in [0.05, 0.1) is 16.8 Å². The van der Waals surface area contributed by atoms with Crippen molar-refractivity contribution < 1.29 is 14.6 Å². The smallest absolute Gasteiger partial charge is 0.179 e. The lowest BCUT2D eigenvalue weighted by Gasteiger charge is -2.22. The van der Waals surface area contributed by atoms with Gasteiger partial charge in [-0.25, -0.2) is 0 Å². The maximum atomic E-state index is 10.4. The van der Waals surface area contributed by atoms with Crippen LogP contribution in [0.4, 0.5) is 0 Å². The number of halogens is 1. The molecule has 1 aromatic carbocycles. The van der Waals surface area contributed by atoms with Crippen molar-refractivity contribution in [3.05, 3.63) is 40.7 Å². The standard InChI is InChI=1S/C16H20ClN3O3/c1-10(13-3-4-19-20(13)2)18-9-14(21)11-7-12(17)16-15(8-11)22-5-6-23-16/h3-4,7-8,10,14,18,21H,5-6,9H2,1-2H3/t10-,14+/m0/s1. The third-order valence-electron chi connectivity index (χ3n) is 3.92. The van der Waals surface area contributed by atoms with Gasteiger partial charge in [-0.3, -0.25) is 4.68 Å². The number of aliphatic hydroxyl groups is 1. The summed E-state index contributed by atoms with van der Waals surface area (Å²) in [5.74, 6) is 1.13. The highest BCUT2D eigenvalue weighted by atomic mass is 35.5. The molecule has 2 aromatic rings. The Balaban J connectivity index is 1.67. The molecule has 0 saturated carbocycles. The van der Waals surface area contributed by atoms with Crippen molar-refractivity contribution >= 4 is 11.6 Å². The molecule has 1 aliphatic heterocycles. The molecular weight excluding hydrogens is 318 g/mol. The SMILES string of the molecule is C[C@H](NC[C@@H](O)c1cc(Cl)c2c(c1)OCCO2)c1ccnn1C. The summed E-state index contributed by atoms with van der Waals surface area (Å²) < 4.78 is 12.8. The fourth-order valence-electron chi connectivity index (χ4n) is 2.64. The van der Waals surface area contributed by atoms with Crippen LogP contribution in [0.5, 0.6) is 11.5 Å². The molecule has 2 atom stereocenters. The Hall–Kier alpha value is -1.76. The van der Waals surface area contributed by atoms with E-state index < -0.39 is 6.10 Å². The van der Waals surface area contributed by atoms with Gasteiger partial charge in [-0.2, -0.15) is 5.10 Å². The first-order chi connectivity index (χ1) is 11.1.